The van der Waals surface area contributed by atoms with Gasteiger partial charge in [-0.05, 0) is 62.7 Å². The fraction of sp³-hybridized carbons (Fsp3) is 0.200. The van der Waals surface area contributed by atoms with Gasteiger partial charge in [0, 0.05) is 16.8 Å². The van der Waals surface area contributed by atoms with Gasteiger partial charge in [-0.15, -0.1) is 10.2 Å². The quantitative estimate of drug-likeness (QED) is 0.552. The van der Waals surface area contributed by atoms with Crippen LogP contribution >= 0.6 is 11.3 Å². The first-order chi connectivity index (χ1) is 13.5. The average Bonchev–Trinajstić information content (AvgIpc) is 3.26. The molecule has 4 rings (SSSR count). The van der Waals surface area contributed by atoms with Crippen LogP contribution in [0.25, 0.3) is 15.5 Å². The second-order valence-electron chi connectivity index (χ2n) is 6.29. The van der Waals surface area contributed by atoms with Gasteiger partial charge >= 0.3 is 0 Å². The van der Waals surface area contributed by atoms with Crippen LogP contribution in [-0.4, -0.2) is 32.3 Å². The van der Waals surface area contributed by atoms with Gasteiger partial charge < -0.3 is 10.1 Å². The Hall–Kier alpha value is -3.26. The lowest BCUT2D eigenvalue weighted by Gasteiger charge is -2.10. The lowest BCUT2D eigenvalue weighted by atomic mass is 10.1. The summed E-state index contributed by atoms with van der Waals surface area (Å²) >= 11 is 1.48. The van der Waals surface area contributed by atoms with Crippen molar-refractivity contribution in [2.24, 2.45) is 0 Å². The Morgan fingerprint density at radius 3 is 2.79 bits per heavy atom. The summed E-state index contributed by atoms with van der Waals surface area (Å²) in [6, 6.07) is 13.0. The number of amides is 1. The van der Waals surface area contributed by atoms with Crippen molar-refractivity contribution >= 4 is 27.9 Å². The predicted molar refractivity (Wildman–Crippen MR) is 109 cm³/mol. The van der Waals surface area contributed by atoms with Gasteiger partial charge in [0.25, 0.3) is 5.91 Å². The summed E-state index contributed by atoms with van der Waals surface area (Å²) in [4.78, 5) is 13.4. The van der Waals surface area contributed by atoms with E-state index in [1.165, 1.54) is 11.3 Å². The highest BCUT2D eigenvalue weighted by molar-refractivity contribution is 7.19. The first-order valence-corrected chi connectivity index (χ1v) is 9.71. The van der Waals surface area contributed by atoms with Crippen molar-refractivity contribution in [3.63, 3.8) is 0 Å². The Labute approximate surface area is 166 Å². The molecular formula is C20H19N5O2S. The number of anilines is 1. The van der Waals surface area contributed by atoms with Crippen LogP contribution in [-0.2, 0) is 0 Å². The number of carbonyl (C=O) groups is 1. The summed E-state index contributed by atoms with van der Waals surface area (Å²) in [5.74, 6) is 1.26. The highest BCUT2D eigenvalue weighted by atomic mass is 32.1. The van der Waals surface area contributed by atoms with Crippen molar-refractivity contribution in [1.29, 1.82) is 0 Å². The van der Waals surface area contributed by atoms with Crippen LogP contribution in [0.3, 0.4) is 0 Å². The Morgan fingerprint density at radius 1 is 1.18 bits per heavy atom. The fourth-order valence-corrected chi connectivity index (χ4v) is 3.74. The molecule has 0 spiro atoms. The smallest absolute Gasteiger partial charge is 0.255 e. The Morgan fingerprint density at radius 2 is 2.04 bits per heavy atom. The molecule has 0 bridgehead atoms. The normalized spacial score (nSPS) is 11.0. The third-order valence-electron chi connectivity index (χ3n) is 4.28. The standard InChI is InChI=1S/C20H19N5O2S/c1-4-27-16-7-5-6-14(11-16)18(26)21-17-9-8-15(10-12(17)2)19-24-25-13(3)22-23-20(25)28-19/h5-11H,4H2,1-3H3,(H,21,26). The zero-order chi connectivity index (χ0) is 19.7. The van der Waals surface area contributed by atoms with E-state index in [4.69, 9.17) is 4.74 Å². The molecule has 28 heavy (non-hydrogen) atoms. The summed E-state index contributed by atoms with van der Waals surface area (Å²) in [7, 11) is 0. The van der Waals surface area contributed by atoms with E-state index in [0.29, 0.717) is 17.9 Å². The first kappa shape index (κ1) is 18.1. The summed E-state index contributed by atoms with van der Waals surface area (Å²) in [5, 5.41) is 16.5. The zero-order valence-electron chi connectivity index (χ0n) is 15.8. The maximum atomic E-state index is 12.6. The molecule has 0 atom stereocenters. The Kier molecular flexibility index (Phi) is 4.79. The van der Waals surface area contributed by atoms with E-state index in [0.717, 1.165) is 32.6 Å². The second kappa shape index (κ2) is 7.40. The van der Waals surface area contributed by atoms with Crippen LogP contribution in [0.15, 0.2) is 42.5 Å². The molecule has 4 aromatic rings. The summed E-state index contributed by atoms with van der Waals surface area (Å²) < 4.78 is 7.20. The summed E-state index contributed by atoms with van der Waals surface area (Å²) in [6.45, 7) is 6.30. The molecule has 2 heterocycles. The van der Waals surface area contributed by atoms with E-state index < -0.39 is 0 Å². The number of benzene rings is 2. The Bertz CT molecular complexity index is 1160. The van der Waals surface area contributed by atoms with Crippen LogP contribution in [0, 0.1) is 13.8 Å². The lowest BCUT2D eigenvalue weighted by molar-refractivity contribution is 0.102. The molecule has 0 aliphatic carbocycles. The zero-order valence-corrected chi connectivity index (χ0v) is 16.6. The second-order valence-corrected chi connectivity index (χ2v) is 7.25. The van der Waals surface area contributed by atoms with E-state index in [9.17, 15) is 4.79 Å². The van der Waals surface area contributed by atoms with E-state index >= 15 is 0 Å². The average molecular weight is 393 g/mol. The molecule has 0 fully saturated rings. The molecule has 7 nitrogen and oxygen atoms in total. The minimum atomic E-state index is -0.174. The van der Waals surface area contributed by atoms with Crippen molar-refractivity contribution in [2.75, 3.05) is 11.9 Å². The SMILES string of the molecule is CCOc1cccc(C(=O)Nc2ccc(-c3nn4c(C)nnc4s3)cc2C)c1. The number of hydrogen-bond acceptors (Lipinski definition) is 6. The van der Waals surface area contributed by atoms with Crippen LogP contribution in [0.4, 0.5) is 5.69 Å². The number of carbonyl (C=O) groups excluding carboxylic acids is 1. The third kappa shape index (κ3) is 3.46. The number of aryl methyl sites for hydroxylation is 2. The van der Waals surface area contributed by atoms with Crippen LogP contribution in [0.2, 0.25) is 0 Å². The largest absolute Gasteiger partial charge is 0.494 e. The number of fused-ring (bicyclic) bond motifs is 1. The minimum Gasteiger partial charge on any atom is -0.494 e. The highest BCUT2D eigenvalue weighted by Crippen LogP contribution is 2.29. The van der Waals surface area contributed by atoms with Crippen molar-refractivity contribution in [3.05, 3.63) is 59.4 Å². The molecular weight excluding hydrogens is 374 g/mol. The fourth-order valence-electron chi connectivity index (χ4n) is 2.86. The number of nitrogens with one attached hydrogen (secondary N) is 1. The molecule has 2 aromatic carbocycles. The van der Waals surface area contributed by atoms with Crippen molar-refractivity contribution in [2.45, 2.75) is 20.8 Å². The molecule has 0 saturated carbocycles. The van der Waals surface area contributed by atoms with Gasteiger partial charge in [0.15, 0.2) is 5.82 Å². The third-order valence-corrected chi connectivity index (χ3v) is 5.22. The number of hydrogen-bond donors (Lipinski definition) is 1. The maximum Gasteiger partial charge on any atom is 0.255 e. The molecule has 8 heteroatoms. The van der Waals surface area contributed by atoms with Gasteiger partial charge in [-0.3, -0.25) is 4.79 Å². The Balaban J connectivity index is 1.56. The topological polar surface area (TPSA) is 81.4 Å². The van der Waals surface area contributed by atoms with Gasteiger partial charge in [-0.2, -0.15) is 9.61 Å². The number of aromatic nitrogens is 4. The molecule has 0 aliphatic rings. The highest BCUT2D eigenvalue weighted by Gasteiger charge is 2.13. The first-order valence-electron chi connectivity index (χ1n) is 8.89. The monoisotopic (exact) mass is 393 g/mol. The van der Waals surface area contributed by atoms with Gasteiger partial charge in [0.05, 0.1) is 6.61 Å². The van der Waals surface area contributed by atoms with Gasteiger partial charge in [0.2, 0.25) is 4.96 Å². The predicted octanol–water partition coefficient (Wildman–Crippen LogP) is 4.12. The van der Waals surface area contributed by atoms with Crippen molar-refractivity contribution < 1.29 is 9.53 Å². The van der Waals surface area contributed by atoms with Gasteiger partial charge in [0.1, 0.15) is 10.8 Å². The van der Waals surface area contributed by atoms with Crippen molar-refractivity contribution in [1.82, 2.24) is 19.8 Å². The molecule has 142 valence electrons. The van der Waals surface area contributed by atoms with Crippen LogP contribution in [0.1, 0.15) is 28.7 Å². The van der Waals surface area contributed by atoms with E-state index in [1.54, 1.807) is 16.6 Å². The van der Waals surface area contributed by atoms with Gasteiger partial charge in [-0.1, -0.05) is 17.4 Å². The molecule has 1 N–H and O–H groups in total. The number of rotatable bonds is 5. The summed E-state index contributed by atoms with van der Waals surface area (Å²) in [5.41, 5.74) is 3.24. The van der Waals surface area contributed by atoms with Crippen molar-refractivity contribution in [3.8, 4) is 16.3 Å². The number of nitrogens with zero attached hydrogens (tertiary/aromatic N) is 4. The van der Waals surface area contributed by atoms with E-state index in [2.05, 4.69) is 20.6 Å². The summed E-state index contributed by atoms with van der Waals surface area (Å²) in [6.07, 6.45) is 0. The van der Waals surface area contributed by atoms with E-state index in [-0.39, 0.29) is 5.91 Å². The molecule has 0 unspecified atom stereocenters. The maximum absolute atomic E-state index is 12.6. The molecule has 0 saturated heterocycles. The van der Waals surface area contributed by atoms with Gasteiger partial charge in [-0.25, -0.2) is 0 Å². The molecule has 0 radical (unpaired) electrons. The molecule has 0 aliphatic heterocycles. The molecule has 2 aromatic heterocycles. The van der Waals surface area contributed by atoms with Crippen LogP contribution < -0.4 is 10.1 Å². The van der Waals surface area contributed by atoms with E-state index in [1.807, 2.05) is 51.1 Å². The van der Waals surface area contributed by atoms with Crippen LogP contribution in [0.5, 0.6) is 5.75 Å². The number of ether oxygens (including phenoxy) is 1. The molecule has 1 amide bonds. The minimum absolute atomic E-state index is 0.174. The lowest BCUT2D eigenvalue weighted by Crippen LogP contribution is -2.13.